The Labute approximate surface area is 186 Å². The number of thiazole rings is 1. The maximum atomic E-state index is 12.5. The summed E-state index contributed by atoms with van der Waals surface area (Å²) in [4.78, 5) is 29.5. The average molecular weight is 440 g/mol. The third-order valence-electron chi connectivity index (χ3n) is 5.88. The Kier molecular flexibility index (Phi) is 6.04. The van der Waals surface area contributed by atoms with Crippen LogP contribution in [0.25, 0.3) is 10.6 Å². The highest BCUT2D eigenvalue weighted by Gasteiger charge is 2.26. The normalized spacial score (nSPS) is 16.2. The Morgan fingerprint density at radius 1 is 1.23 bits per heavy atom. The molecule has 0 radical (unpaired) electrons. The molecule has 0 spiro atoms. The summed E-state index contributed by atoms with van der Waals surface area (Å²) in [5.74, 6) is 0.793. The first-order valence-electron chi connectivity index (χ1n) is 10.6. The number of amides is 1. The number of aromatic nitrogens is 5. The monoisotopic (exact) mass is 439 g/mol. The van der Waals surface area contributed by atoms with E-state index in [1.807, 2.05) is 45.5 Å². The number of nitrogens with zero attached hydrogens (tertiary/aromatic N) is 6. The molecule has 1 amide bonds. The lowest BCUT2D eigenvalue weighted by molar-refractivity contribution is -0.121. The lowest BCUT2D eigenvalue weighted by atomic mass is 10.1. The first-order valence-corrected chi connectivity index (χ1v) is 11.4. The van der Waals surface area contributed by atoms with Crippen LogP contribution < -0.4 is 10.2 Å². The van der Waals surface area contributed by atoms with Gasteiger partial charge in [-0.2, -0.15) is 5.10 Å². The van der Waals surface area contributed by atoms with E-state index in [2.05, 4.69) is 25.3 Å². The van der Waals surface area contributed by atoms with Gasteiger partial charge in [0.05, 0.1) is 27.0 Å². The topological polar surface area (TPSA) is 88.8 Å². The lowest BCUT2D eigenvalue weighted by Crippen LogP contribution is -2.37. The summed E-state index contributed by atoms with van der Waals surface area (Å²) in [5.41, 5.74) is 5.20. The molecule has 4 rings (SSSR count). The fraction of sp³-hybridized carbons (Fsp3) is 0.500. The minimum Gasteiger partial charge on any atom is -0.352 e. The zero-order valence-electron chi connectivity index (χ0n) is 18.8. The van der Waals surface area contributed by atoms with Crippen LogP contribution in [-0.2, 0) is 18.3 Å². The summed E-state index contributed by atoms with van der Waals surface area (Å²) >= 11 is 1.65. The largest absolute Gasteiger partial charge is 0.352 e. The molecule has 1 saturated heterocycles. The highest BCUT2D eigenvalue weighted by atomic mass is 32.1. The van der Waals surface area contributed by atoms with Crippen LogP contribution in [-0.4, -0.2) is 49.8 Å². The molecule has 9 heteroatoms. The van der Waals surface area contributed by atoms with Gasteiger partial charge < -0.3 is 10.2 Å². The van der Waals surface area contributed by atoms with E-state index in [1.54, 1.807) is 17.5 Å². The summed E-state index contributed by atoms with van der Waals surface area (Å²) in [6, 6.07) is 2.05. The molecule has 1 aliphatic rings. The number of anilines is 1. The van der Waals surface area contributed by atoms with Crippen LogP contribution in [0.2, 0.25) is 0 Å². The van der Waals surface area contributed by atoms with Crippen molar-refractivity contribution in [3.8, 4) is 10.6 Å². The third-order valence-corrected chi connectivity index (χ3v) is 6.97. The first-order chi connectivity index (χ1) is 14.8. The van der Waals surface area contributed by atoms with Crippen LogP contribution in [0, 0.1) is 27.7 Å². The van der Waals surface area contributed by atoms with Crippen molar-refractivity contribution >= 4 is 23.2 Å². The molecule has 3 aromatic rings. The van der Waals surface area contributed by atoms with Crippen molar-refractivity contribution in [1.29, 1.82) is 0 Å². The lowest BCUT2D eigenvalue weighted by Gasteiger charge is -2.17. The molecule has 4 heterocycles. The Hall–Kier alpha value is -2.81. The van der Waals surface area contributed by atoms with Gasteiger partial charge in [-0.3, -0.25) is 9.48 Å². The molecule has 0 aliphatic carbocycles. The van der Waals surface area contributed by atoms with Gasteiger partial charge in [-0.25, -0.2) is 15.0 Å². The molecule has 0 bridgehead atoms. The van der Waals surface area contributed by atoms with Crippen LogP contribution in [0.3, 0.4) is 0 Å². The summed E-state index contributed by atoms with van der Waals surface area (Å²) in [7, 11) is 1.94. The summed E-state index contributed by atoms with van der Waals surface area (Å²) in [6.45, 7) is 9.62. The Balaban J connectivity index is 1.35. The molecular formula is C22H29N7OS. The third kappa shape index (κ3) is 4.61. The van der Waals surface area contributed by atoms with Gasteiger partial charge in [-0.05, 0) is 52.2 Å². The van der Waals surface area contributed by atoms with Gasteiger partial charge in [-0.15, -0.1) is 11.3 Å². The maximum Gasteiger partial charge on any atom is 0.225 e. The predicted molar refractivity (Wildman–Crippen MR) is 122 cm³/mol. The van der Waals surface area contributed by atoms with E-state index in [4.69, 9.17) is 4.98 Å². The van der Waals surface area contributed by atoms with Gasteiger partial charge in [0, 0.05) is 44.5 Å². The summed E-state index contributed by atoms with van der Waals surface area (Å²) in [5, 5.41) is 8.65. The van der Waals surface area contributed by atoms with Gasteiger partial charge in [0.15, 0.2) is 0 Å². The molecule has 1 unspecified atom stereocenters. The summed E-state index contributed by atoms with van der Waals surface area (Å²) < 4.78 is 1.88. The maximum absolute atomic E-state index is 12.5. The Morgan fingerprint density at radius 2 is 2.03 bits per heavy atom. The second kappa shape index (κ2) is 8.74. The fourth-order valence-electron chi connectivity index (χ4n) is 4.17. The number of hydrogen-bond donors (Lipinski definition) is 1. The van der Waals surface area contributed by atoms with Gasteiger partial charge in [0.2, 0.25) is 11.9 Å². The van der Waals surface area contributed by atoms with E-state index in [0.717, 1.165) is 52.2 Å². The number of carbonyl (C=O) groups is 1. The molecule has 8 nitrogen and oxygen atoms in total. The van der Waals surface area contributed by atoms with Crippen molar-refractivity contribution in [1.82, 2.24) is 30.0 Å². The van der Waals surface area contributed by atoms with Crippen molar-refractivity contribution in [2.45, 2.75) is 53.0 Å². The van der Waals surface area contributed by atoms with Gasteiger partial charge >= 0.3 is 0 Å². The van der Waals surface area contributed by atoms with Gasteiger partial charge in [0.1, 0.15) is 0 Å². The number of rotatable bonds is 6. The zero-order chi connectivity index (χ0) is 22.1. The molecule has 0 aromatic carbocycles. The van der Waals surface area contributed by atoms with E-state index in [1.165, 1.54) is 5.56 Å². The highest BCUT2D eigenvalue weighted by molar-refractivity contribution is 7.15. The molecular weight excluding hydrogens is 410 g/mol. The van der Waals surface area contributed by atoms with Crippen LogP contribution in [0.15, 0.2) is 12.3 Å². The highest BCUT2D eigenvalue weighted by Crippen LogP contribution is 2.29. The molecule has 1 atom stereocenters. The van der Waals surface area contributed by atoms with E-state index >= 15 is 0 Å². The second-order valence-electron chi connectivity index (χ2n) is 8.16. The molecule has 164 valence electrons. The van der Waals surface area contributed by atoms with Crippen LogP contribution in [0.5, 0.6) is 0 Å². The molecule has 1 aliphatic heterocycles. The average Bonchev–Trinajstić information content (AvgIpc) is 3.39. The van der Waals surface area contributed by atoms with Gasteiger partial charge in [-0.1, -0.05) is 0 Å². The van der Waals surface area contributed by atoms with E-state index in [0.29, 0.717) is 18.8 Å². The smallest absolute Gasteiger partial charge is 0.225 e. The minimum atomic E-state index is 0.0833. The quantitative estimate of drug-likeness (QED) is 0.635. The molecule has 31 heavy (non-hydrogen) atoms. The van der Waals surface area contributed by atoms with Crippen LogP contribution >= 0.6 is 11.3 Å². The van der Waals surface area contributed by atoms with Gasteiger partial charge in [0.25, 0.3) is 0 Å². The van der Waals surface area contributed by atoms with E-state index in [-0.39, 0.29) is 11.9 Å². The number of aryl methyl sites for hydroxylation is 4. The predicted octanol–water partition coefficient (Wildman–Crippen LogP) is 2.89. The Morgan fingerprint density at radius 3 is 2.71 bits per heavy atom. The van der Waals surface area contributed by atoms with E-state index < -0.39 is 0 Å². The molecule has 1 N–H and O–H groups in total. The minimum absolute atomic E-state index is 0.0833. The molecule has 0 saturated carbocycles. The SMILES string of the molecule is Cc1nc(C)c(-c2ccnc(N3CCC(NC(=O)CCc4c(C)nn(C)c4C)C3)n2)s1. The number of nitrogens with one attached hydrogen (secondary N) is 1. The van der Waals surface area contributed by atoms with Crippen molar-refractivity contribution in [2.75, 3.05) is 18.0 Å². The molecule has 3 aromatic heterocycles. The number of hydrogen-bond acceptors (Lipinski definition) is 7. The van der Waals surface area contributed by atoms with E-state index in [9.17, 15) is 4.79 Å². The van der Waals surface area contributed by atoms with Crippen molar-refractivity contribution in [2.24, 2.45) is 7.05 Å². The Bertz CT molecular complexity index is 1100. The summed E-state index contributed by atoms with van der Waals surface area (Å²) in [6.07, 6.45) is 3.88. The zero-order valence-corrected chi connectivity index (χ0v) is 19.6. The number of carbonyl (C=O) groups excluding carboxylic acids is 1. The standard InChI is InChI=1S/C22H29N7OS/c1-13-18(15(3)28(5)27-13)6-7-20(30)25-17-9-11-29(12-17)22-23-10-8-19(26-22)21-14(2)24-16(4)31-21/h8,10,17H,6-7,9,11-12H2,1-5H3,(H,25,30). The van der Waals surface area contributed by atoms with Crippen molar-refractivity contribution in [3.63, 3.8) is 0 Å². The van der Waals surface area contributed by atoms with Crippen LogP contribution in [0.4, 0.5) is 5.95 Å². The molecule has 1 fully saturated rings. The fourth-order valence-corrected chi connectivity index (χ4v) is 5.06. The van der Waals surface area contributed by atoms with Crippen LogP contribution in [0.1, 0.15) is 40.5 Å². The second-order valence-corrected chi connectivity index (χ2v) is 9.36. The van der Waals surface area contributed by atoms with Crippen molar-refractivity contribution in [3.05, 3.63) is 39.9 Å². The van der Waals surface area contributed by atoms with Crippen molar-refractivity contribution < 1.29 is 4.79 Å². The first kappa shape index (κ1) is 21.4.